The summed E-state index contributed by atoms with van der Waals surface area (Å²) >= 11 is 0. The first-order valence-electron chi connectivity index (χ1n) is 6.20. The van der Waals surface area contributed by atoms with Crippen molar-refractivity contribution in [3.05, 3.63) is 0 Å². The molecule has 1 aliphatic rings. The van der Waals surface area contributed by atoms with Gasteiger partial charge >= 0.3 is 0 Å². The highest BCUT2D eigenvalue weighted by Crippen LogP contribution is 2.51. The van der Waals surface area contributed by atoms with E-state index in [0.717, 1.165) is 6.42 Å². The smallest absolute Gasteiger partial charge is 0.0731 e. The molecule has 4 atom stereocenters. The fourth-order valence-corrected chi connectivity index (χ4v) is 2.40. The summed E-state index contributed by atoms with van der Waals surface area (Å²) in [7, 11) is 1.79. The minimum Gasteiger partial charge on any atom is -0.396 e. The first-order valence-corrected chi connectivity index (χ1v) is 6.20. The lowest BCUT2D eigenvalue weighted by Crippen LogP contribution is -2.69. The molecule has 4 unspecified atom stereocenters. The molecule has 0 aromatic heterocycles. The van der Waals surface area contributed by atoms with Gasteiger partial charge < -0.3 is 15.2 Å². The van der Waals surface area contributed by atoms with Crippen molar-refractivity contribution >= 4 is 0 Å². The molecule has 0 aromatic rings. The molecule has 3 heteroatoms. The molecule has 0 amide bonds. The zero-order chi connectivity index (χ0) is 12.6. The topological polar surface area (TPSA) is 41.5 Å². The summed E-state index contributed by atoms with van der Waals surface area (Å²) in [5.41, 5.74) is 0.123. The summed E-state index contributed by atoms with van der Waals surface area (Å²) < 4.78 is 5.60. The first-order chi connectivity index (χ1) is 7.28. The molecule has 0 radical (unpaired) electrons. The van der Waals surface area contributed by atoms with Crippen LogP contribution in [0.2, 0.25) is 0 Å². The van der Waals surface area contributed by atoms with Gasteiger partial charge in [0.2, 0.25) is 0 Å². The first kappa shape index (κ1) is 13.9. The molecule has 2 N–H and O–H groups in total. The van der Waals surface area contributed by atoms with Gasteiger partial charge in [0.25, 0.3) is 0 Å². The van der Waals surface area contributed by atoms with Crippen LogP contribution in [0.1, 0.15) is 41.0 Å². The Morgan fingerprint density at radius 2 is 1.94 bits per heavy atom. The van der Waals surface area contributed by atoms with E-state index in [1.807, 2.05) is 0 Å². The van der Waals surface area contributed by atoms with Crippen LogP contribution in [0.5, 0.6) is 0 Å². The number of aliphatic hydroxyl groups excluding tert-OH is 1. The Morgan fingerprint density at radius 3 is 2.31 bits per heavy atom. The zero-order valence-corrected chi connectivity index (χ0v) is 11.5. The fraction of sp³-hybridized carbons (Fsp3) is 1.00. The highest BCUT2D eigenvalue weighted by molar-refractivity contribution is 5.11. The third-order valence-corrected chi connectivity index (χ3v) is 4.88. The molecule has 16 heavy (non-hydrogen) atoms. The van der Waals surface area contributed by atoms with Crippen LogP contribution in [0.15, 0.2) is 0 Å². The van der Waals surface area contributed by atoms with E-state index >= 15 is 0 Å². The van der Waals surface area contributed by atoms with Gasteiger partial charge in [-0.1, -0.05) is 20.8 Å². The van der Waals surface area contributed by atoms with Crippen molar-refractivity contribution in [2.45, 2.75) is 58.7 Å². The van der Waals surface area contributed by atoms with Gasteiger partial charge in [-0.05, 0) is 26.2 Å². The van der Waals surface area contributed by atoms with Crippen LogP contribution in [0.4, 0.5) is 0 Å². The van der Waals surface area contributed by atoms with Crippen LogP contribution >= 0.6 is 0 Å². The van der Waals surface area contributed by atoms with Gasteiger partial charge in [-0.3, -0.25) is 0 Å². The van der Waals surface area contributed by atoms with E-state index in [0.29, 0.717) is 18.0 Å². The maximum atomic E-state index is 9.12. The molecule has 0 heterocycles. The normalized spacial score (nSPS) is 36.6. The molecule has 1 saturated carbocycles. The van der Waals surface area contributed by atoms with Crippen molar-refractivity contribution in [1.29, 1.82) is 0 Å². The number of rotatable bonds is 5. The predicted molar refractivity (Wildman–Crippen MR) is 66.4 cm³/mol. The maximum absolute atomic E-state index is 9.12. The summed E-state index contributed by atoms with van der Waals surface area (Å²) in [6, 6.07) is 0.817. The van der Waals surface area contributed by atoms with Gasteiger partial charge in [0.05, 0.1) is 5.60 Å². The number of hydrogen-bond donors (Lipinski definition) is 2. The molecule has 1 aliphatic carbocycles. The van der Waals surface area contributed by atoms with Crippen molar-refractivity contribution in [2.24, 2.45) is 11.3 Å². The van der Waals surface area contributed by atoms with Crippen LogP contribution in [-0.2, 0) is 4.74 Å². The second-order valence-electron chi connectivity index (χ2n) is 6.03. The Labute approximate surface area is 99.6 Å². The van der Waals surface area contributed by atoms with Crippen LogP contribution < -0.4 is 5.32 Å². The van der Waals surface area contributed by atoms with E-state index in [9.17, 15) is 0 Å². The number of ether oxygens (including phenoxy) is 1. The monoisotopic (exact) mass is 229 g/mol. The Kier molecular flexibility index (Phi) is 4.04. The molecule has 1 fully saturated rings. The Balaban J connectivity index is 2.54. The maximum Gasteiger partial charge on any atom is 0.0731 e. The molecule has 1 rings (SSSR count). The third kappa shape index (κ3) is 2.13. The van der Waals surface area contributed by atoms with Crippen molar-refractivity contribution < 1.29 is 9.84 Å². The molecule has 0 aromatic carbocycles. The number of methoxy groups -OCH3 is 1. The van der Waals surface area contributed by atoms with Crippen molar-refractivity contribution in [2.75, 3.05) is 13.7 Å². The van der Waals surface area contributed by atoms with Crippen LogP contribution in [0.25, 0.3) is 0 Å². The van der Waals surface area contributed by atoms with E-state index in [2.05, 4.69) is 39.9 Å². The SMILES string of the molecule is COC1(C)CC(NC(C)C(C)CO)C1(C)C. The van der Waals surface area contributed by atoms with Crippen LogP contribution in [0, 0.1) is 11.3 Å². The van der Waals surface area contributed by atoms with E-state index in [1.54, 1.807) is 7.11 Å². The fourth-order valence-electron chi connectivity index (χ4n) is 2.40. The van der Waals surface area contributed by atoms with Crippen LogP contribution in [-0.4, -0.2) is 36.5 Å². The second-order valence-corrected chi connectivity index (χ2v) is 6.03. The van der Waals surface area contributed by atoms with Crippen molar-refractivity contribution in [3.8, 4) is 0 Å². The molecule has 3 nitrogen and oxygen atoms in total. The lowest BCUT2D eigenvalue weighted by Gasteiger charge is -2.60. The van der Waals surface area contributed by atoms with Crippen molar-refractivity contribution in [3.63, 3.8) is 0 Å². The van der Waals surface area contributed by atoms with Gasteiger partial charge in [-0.15, -0.1) is 0 Å². The average molecular weight is 229 g/mol. The predicted octanol–water partition coefficient (Wildman–Crippen LogP) is 1.80. The lowest BCUT2D eigenvalue weighted by atomic mass is 9.55. The third-order valence-electron chi connectivity index (χ3n) is 4.88. The molecular weight excluding hydrogens is 202 g/mol. The molecule has 0 saturated heterocycles. The summed E-state index contributed by atoms with van der Waals surface area (Å²) in [5, 5.41) is 12.7. The highest BCUT2D eigenvalue weighted by atomic mass is 16.5. The zero-order valence-electron chi connectivity index (χ0n) is 11.5. The summed E-state index contributed by atoms with van der Waals surface area (Å²) in [5.74, 6) is 0.296. The lowest BCUT2D eigenvalue weighted by molar-refractivity contribution is -0.183. The molecule has 96 valence electrons. The Bertz CT molecular complexity index is 242. The van der Waals surface area contributed by atoms with Gasteiger partial charge in [0, 0.05) is 31.2 Å². The van der Waals surface area contributed by atoms with Gasteiger partial charge in [0.15, 0.2) is 0 Å². The van der Waals surface area contributed by atoms with E-state index < -0.39 is 0 Å². The number of aliphatic hydroxyl groups is 1. The van der Waals surface area contributed by atoms with Gasteiger partial charge in [-0.2, -0.15) is 0 Å². The highest BCUT2D eigenvalue weighted by Gasteiger charge is 2.57. The standard InChI is InChI=1S/C13H27NO2/c1-9(8-15)10(2)14-11-7-13(5,16-6)12(11,3)4/h9-11,14-15H,7-8H2,1-6H3. The molecule has 0 spiro atoms. The number of nitrogens with one attached hydrogen (secondary N) is 1. The second kappa shape index (κ2) is 4.63. The largest absolute Gasteiger partial charge is 0.396 e. The minimum atomic E-state index is -0.0210. The van der Waals surface area contributed by atoms with Crippen LogP contribution in [0.3, 0.4) is 0 Å². The summed E-state index contributed by atoms with van der Waals surface area (Å²) in [6.07, 6.45) is 1.04. The Morgan fingerprint density at radius 1 is 1.38 bits per heavy atom. The quantitative estimate of drug-likeness (QED) is 0.755. The van der Waals surface area contributed by atoms with E-state index in [-0.39, 0.29) is 17.6 Å². The molecule has 0 aliphatic heterocycles. The minimum absolute atomic E-state index is 0.0210. The van der Waals surface area contributed by atoms with Gasteiger partial charge in [0.1, 0.15) is 0 Å². The summed E-state index contributed by atoms with van der Waals surface area (Å²) in [4.78, 5) is 0. The van der Waals surface area contributed by atoms with Gasteiger partial charge in [-0.25, -0.2) is 0 Å². The Hall–Kier alpha value is -0.120. The average Bonchev–Trinajstić information content (AvgIpc) is 2.26. The summed E-state index contributed by atoms with van der Waals surface area (Å²) in [6.45, 7) is 11.1. The van der Waals surface area contributed by atoms with E-state index in [4.69, 9.17) is 9.84 Å². The van der Waals surface area contributed by atoms with Crippen molar-refractivity contribution in [1.82, 2.24) is 5.32 Å². The molecule has 0 bridgehead atoms. The molecular formula is C13H27NO2. The van der Waals surface area contributed by atoms with E-state index in [1.165, 1.54) is 0 Å². The number of hydrogen-bond acceptors (Lipinski definition) is 3.